The van der Waals surface area contributed by atoms with Gasteiger partial charge in [0.1, 0.15) is 6.61 Å². The molecule has 0 spiro atoms. The highest BCUT2D eigenvalue weighted by Crippen LogP contribution is 2.16. The molecule has 5 heteroatoms. The van der Waals surface area contributed by atoms with Crippen LogP contribution in [0.25, 0.3) is 0 Å². The summed E-state index contributed by atoms with van der Waals surface area (Å²) in [6.45, 7) is 5.98. The number of ether oxygens (including phenoxy) is 2. The van der Waals surface area contributed by atoms with Gasteiger partial charge in [-0.2, -0.15) is 0 Å². The fourth-order valence-corrected chi connectivity index (χ4v) is 2.47. The van der Waals surface area contributed by atoms with Gasteiger partial charge in [-0.1, -0.05) is 57.0 Å². The smallest absolute Gasteiger partial charge is 0.369 e. The van der Waals surface area contributed by atoms with Crippen molar-refractivity contribution in [2.75, 3.05) is 0 Å². The van der Waals surface area contributed by atoms with E-state index in [4.69, 9.17) is 9.47 Å². The van der Waals surface area contributed by atoms with E-state index in [0.717, 1.165) is 31.2 Å². The molecule has 5 nitrogen and oxygen atoms in total. The van der Waals surface area contributed by atoms with Crippen LogP contribution in [-0.2, 0) is 25.7 Å². The lowest BCUT2D eigenvalue weighted by Gasteiger charge is -2.20. The predicted octanol–water partition coefficient (Wildman–Crippen LogP) is 2.49. The van der Waals surface area contributed by atoms with Gasteiger partial charge in [0.15, 0.2) is 6.10 Å². The van der Waals surface area contributed by atoms with Gasteiger partial charge in [-0.05, 0) is 25.3 Å². The van der Waals surface area contributed by atoms with E-state index >= 15 is 0 Å². The summed E-state index contributed by atoms with van der Waals surface area (Å²) in [5.41, 5.74) is 4.71. The van der Waals surface area contributed by atoms with Gasteiger partial charge in [0, 0.05) is 0 Å². The normalized spacial score (nSPS) is 13.4. The van der Waals surface area contributed by atoms with E-state index in [-0.39, 0.29) is 18.5 Å². The molecule has 0 bridgehead atoms. The third kappa shape index (κ3) is 6.71. The highest BCUT2D eigenvalue weighted by molar-refractivity contribution is 5.76. The zero-order valence-electron chi connectivity index (χ0n) is 15.0. The maximum absolute atomic E-state index is 12.2. The van der Waals surface area contributed by atoms with Crippen LogP contribution in [0.3, 0.4) is 0 Å². The molecule has 1 rings (SSSR count). The lowest BCUT2D eigenvalue weighted by molar-refractivity contribution is -0.424. The summed E-state index contributed by atoms with van der Waals surface area (Å²) >= 11 is 0. The van der Waals surface area contributed by atoms with Crippen LogP contribution in [0.1, 0.15) is 52.0 Å². The highest BCUT2D eigenvalue weighted by atomic mass is 16.6. The first kappa shape index (κ1) is 20.2. The number of quaternary nitrogens is 1. The molecule has 3 N–H and O–H groups in total. The number of benzene rings is 1. The van der Waals surface area contributed by atoms with Gasteiger partial charge in [-0.25, -0.2) is 4.79 Å². The Hall–Kier alpha value is -1.88. The molecule has 0 radical (unpaired) electrons. The second-order valence-electron chi connectivity index (χ2n) is 6.12. The highest BCUT2D eigenvalue weighted by Gasteiger charge is 2.31. The minimum absolute atomic E-state index is 0.102. The molecular formula is C19H30NO4+. The lowest BCUT2D eigenvalue weighted by Crippen LogP contribution is -2.70. The average Bonchev–Trinajstić information content (AvgIpc) is 2.59. The van der Waals surface area contributed by atoms with E-state index in [1.165, 1.54) is 0 Å². The Balaban J connectivity index is 2.48. The topological polar surface area (TPSA) is 80.2 Å². The maximum Gasteiger partial charge on any atom is 0.369 e. The molecular weight excluding hydrogens is 306 g/mol. The summed E-state index contributed by atoms with van der Waals surface area (Å²) in [5, 5.41) is 0. The Kier molecular flexibility index (Phi) is 9.08. The third-order valence-electron chi connectivity index (χ3n) is 4.00. The van der Waals surface area contributed by atoms with Crippen molar-refractivity contribution in [3.63, 3.8) is 0 Å². The van der Waals surface area contributed by atoms with Crippen molar-refractivity contribution in [3.05, 3.63) is 35.9 Å². The Morgan fingerprint density at radius 2 is 1.62 bits per heavy atom. The Labute approximate surface area is 144 Å². The molecule has 0 aliphatic carbocycles. The summed E-state index contributed by atoms with van der Waals surface area (Å²) < 4.78 is 10.7. The Morgan fingerprint density at radius 1 is 1.04 bits per heavy atom. The van der Waals surface area contributed by atoms with E-state index in [2.05, 4.69) is 5.73 Å². The Morgan fingerprint density at radius 3 is 2.17 bits per heavy atom. The zero-order valence-corrected chi connectivity index (χ0v) is 15.0. The second kappa shape index (κ2) is 10.8. The van der Waals surface area contributed by atoms with Gasteiger partial charge < -0.3 is 15.2 Å². The molecule has 0 saturated heterocycles. The number of hydrogen-bond acceptors (Lipinski definition) is 4. The summed E-state index contributed by atoms with van der Waals surface area (Å²) in [5.74, 6) is -0.799. The molecule has 0 fully saturated rings. The van der Waals surface area contributed by atoms with Crippen LogP contribution in [0.15, 0.2) is 30.3 Å². The summed E-state index contributed by atoms with van der Waals surface area (Å²) in [6, 6.07) is 8.71. The average molecular weight is 336 g/mol. The van der Waals surface area contributed by atoms with Gasteiger partial charge in [0.25, 0.3) is 0 Å². The van der Waals surface area contributed by atoms with Gasteiger partial charge in [0.05, 0.1) is 5.92 Å². The number of rotatable bonds is 10. The van der Waals surface area contributed by atoms with E-state index in [9.17, 15) is 9.59 Å². The van der Waals surface area contributed by atoms with Gasteiger partial charge >= 0.3 is 11.9 Å². The number of esters is 2. The zero-order chi connectivity index (χ0) is 17.9. The van der Waals surface area contributed by atoms with Crippen molar-refractivity contribution < 1.29 is 24.8 Å². The SMILES string of the molecule is CCCC(CCC)C(=O)O[C@H](C)[C@H]([NH3+])C(=O)OCc1ccccc1. The molecule has 1 aromatic rings. The van der Waals surface area contributed by atoms with Crippen LogP contribution in [0.4, 0.5) is 0 Å². The first-order valence-corrected chi connectivity index (χ1v) is 8.73. The second-order valence-corrected chi connectivity index (χ2v) is 6.12. The fourth-order valence-electron chi connectivity index (χ4n) is 2.47. The summed E-state index contributed by atoms with van der Waals surface area (Å²) in [7, 11) is 0. The molecule has 0 aliphatic heterocycles. The summed E-state index contributed by atoms with van der Waals surface area (Å²) in [4.78, 5) is 24.3. The predicted molar refractivity (Wildman–Crippen MR) is 91.8 cm³/mol. The molecule has 0 unspecified atom stereocenters. The first-order chi connectivity index (χ1) is 11.5. The molecule has 24 heavy (non-hydrogen) atoms. The van der Waals surface area contributed by atoms with E-state index < -0.39 is 18.1 Å². The molecule has 0 amide bonds. The monoisotopic (exact) mass is 336 g/mol. The molecule has 2 atom stereocenters. The van der Waals surface area contributed by atoms with Crippen molar-refractivity contribution in [1.82, 2.24) is 0 Å². The van der Waals surface area contributed by atoms with Gasteiger partial charge in [-0.15, -0.1) is 0 Å². The van der Waals surface area contributed by atoms with Crippen molar-refractivity contribution in [2.24, 2.45) is 5.92 Å². The van der Waals surface area contributed by atoms with E-state index in [0.29, 0.717) is 0 Å². The molecule has 1 aromatic carbocycles. The standard InChI is InChI=1S/C19H29NO4/c1-4-9-16(10-5-2)18(21)24-14(3)17(20)19(22)23-13-15-11-7-6-8-12-15/h6-8,11-12,14,16-17H,4-5,9-10,13,20H2,1-3H3/p+1/t14-,17+/m1/s1. The van der Waals surface area contributed by atoms with Gasteiger partial charge in [-0.3, -0.25) is 4.79 Å². The number of hydrogen-bond donors (Lipinski definition) is 1. The van der Waals surface area contributed by atoms with Gasteiger partial charge in [0.2, 0.25) is 6.04 Å². The molecule has 134 valence electrons. The van der Waals surface area contributed by atoms with Crippen molar-refractivity contribution >= 4 is 11.9 Å². The minimum atomic E-state index is -0.735. The van der Waals surface area contributed by atoms with Crippen LogP contribution in [-0.4, -0.2) is 24.1 Å². The molecule has 0 heterocycles. The summed E-state index contributed by atoms with van der Waals surface area (Å²) in [6.07, 6.45) is 2.87. The molecule has 0 aromatic heterocycles. The fraction of sp³-hybridized carbons (Fsp3) is 0.579. The molecule has 0 aliphatic rings. The number of carbonyl (C=O) groups excluding carboxylic acids is 2. The Bertz CT molecular complexity index is 497. The lowest BCUT2D eigenvalue weighted by atomic mass is 9.98. The van der Waals surface area contributed by atoms with Crippen molar-refractivity contribution in [2.45, 2.75) is 65.2 Å². The van der Waals surface area contributed by atoms with E-state index in [1.807, 2.05) is 44.2 Å². The van der Waals surface area contributed by atoms with E-state index in [1.54, 1.807) is 6.92 Å². The van der Waals surface area contributed by atoms with Crippen LogP contribution in [0.5, 0.6) is 0 Å². The van der Waals surface area contributed by atoms with Crippen LogP contribution in [0.2, 0.25) is 0 Å². The van der Waals surface area contributed by atoms with Crippen LogP contribution in [0, 0.1) is 5.92 Å². The van der Waals surface area contributed by atoms with Crippen molar-refractivity contribution in [1.29, 1.82) is 0 Å². The third-order valence-corrected chi connectivity index (χ3v) is 4.00. The van der Waals surface area contributed by atoms with Crippen molar-refractivity contribution in [3.8, 4) is 0 Å². The maximum atomic E-state index is 12.2. The number of carbonyl (C=O) groups is 2. The largest absolute Gasteiger partial charge is 0.456 e. The quantitative estimate of drug-likeness (QED) is 0.666. The first-order valence-electron chi connectivity index (χ1n) is 8.73. The van der Waals surface area contributed by atoms with Crippen LogP contribution < -0.4 is 5.73 Å². The van der Waals surface area contributed by atoms with Crippen LogP contribution >= 0.6 is 0 Å². The minimum Gasteiger partial charge on any atom is -0.456 e. The molecule has 0 saturated carbocycles.